The van der Waals surface area contributed by atoms with Crippen LogP contribution in [0.2, 0.25) is 0 Å². The number of ether oxygens (including phenoxy) is 1. The van der Waals surface area contributed by atoms with E-state index in [1.807, 2.05) is 0 Å². The van der Waals surface area contributed by atoms with Gasteiger partial charge in [0.15, 0.2) is 0 Å². The van der Waals surface area contributed by atoms with Gasteiger partial charge in [0.2, 0.25) is 0 Å². The molecule has 0 spiro atoms. The summed E-state index contributed by atoms with van der Waals surface area (Å²) in [4.78, 5) is 14.7. The van der Waals surface area contributed by atoms with E-state index in [2.05, 4.69) is 27.1 Å². The molecule has 0 N–H and O–H groups in total. The van der Waals surface area contributed by atoms with Crippen LogP contribution in [0.1, 0.15) is 12.8 Å². The predicted octanol–water partition coefficient (Wildman–Crippen LogP) is 1.04. The van der Waals surface area contributed by atoms with Gasteiger partial charge in [-0.25, -0.2) is 4.99 Å². The van der Waals surface area contributed by atoms with Gasteiger partial charge in [-0.2, -0.15) is 0 Å². The van der Waals surface area contributed by atoms with Crippen molar-refractivity contribution in [3.05, 3.63) is 0 Å². The summed E-state index contributed by atoms with van der Waals surface area (Å²) < 4.78 is 4.55. The largest absolute Gasteiger partial charge is 0.469 e. The number of esters is 1. The maximum Gasteiger partial charge on any atom is 0.308 e. The summed E-state index contributed by atoms with van der Waals surface area (Å²) >= 11 is 4.43. The van der Waals surface area contributed by atoms with Crippen LogP contribution in [0.3, 0.4) is 0 Å². The lowest BCUT2D eigenvalue weighted by molar-refractivity contribution is -0.148. The molecule has 1 fully saturated rings. The first kappa shape index (κ1) is 8.37. The minimum Gasteiger partial charge on any atom is -0.469 e. The highest BCUT2D eigenvalue weighted by molar-refractivity contribution is 7.78. The molecule has 0 amide bonds. The van der Waals surface area contributed by atoms with E-state index in [0.29, 0.717) is 0 Å². The lowest BCUT2D eigenvalue weighted by Gasteiger charge is -2.28. The molecular formula is C7H9NO2S. The Kier molecular flexibility index (Phi) is 2.74. The van der Waals surface area contributed by atoms with Crippen molar-refractivity contribution in [2.45, 2.75) is 18.9 Å². The second-order valence-electron chi connectivity index (χ2n) is 2.57. The Hall–Kier alpha value is -0.730. The molecule has 60 valence electrons. The molecule has 0 aromatic rings. The van der Waals surface area contributed by atoms with Crippen LogP contribution in [0, 0.1) is 5.92 Å². The third-order valence-electron chi connectivity index (χ3n) is 1.88. The second-order valence-corrected chi connectivity index (χ2v) is 2.75. The third-order valence-corrected chi connectivity index (χ3v) is 1.99. The van der Waals surface area contributed by atoms with Gasteiger partial charge in [0, 0.05) is 0 Å². The second kappa shape index (κ2) is 3.60. The van der Waals surface area contributed by atoms with Crippen LogP contribution in [-0.2, 0) is 9.53 Å². The van der Waals surface area contributed by atoms with Gasteiger partial charge in [0.05, 0.1) is 24.2 Å². The Labute approximate surface area is 70.5 Å². The number of nitrogens with zero attached hydrogens (tertiary/aromatic N) is 1. The zero-order valence-corrected chi connectivity index (χ0v) is 7.06. The molecule has 1 aliphatic carbocycles. The molecule has 1 rings (SSSR count). The van der Waals surface area contributed by atoms with E-state index in [4.69, 9.17) is 0 Å². The van der Waals surface area contributed by atoms with Gasteiger partial charge in [-0.3, -0.25) is 4.79 Å². The smallest absolute Gasteiger partial charge is 0.308 e. The maximum atomic E-state index is 10.8. The lowest BCUT2D eigenvalue weighted by Crippen LogP contribution is -2.33. The van der Waals surface area contributed by atoms with Gasteiger partial charge in [0.25, 0.3) is 0 Å². The maximum absolute atomic E-state index is 10.8. The molecule has 0 atom stereocenters. The highest BCUT2D eigenvalue weighted by Gasteiger charge is 2.34. The van der Waals surface area contributed by atoms with Crippen LogP contribution in [0.4, 0.5) is 0 Å². The minimum absolute atomic E-state index is 0.0390. The zero-order valence-electron chi connectivity index (χ0n) is 6.24. The Balaban J connectivity index is 2.29. The van der Waals surface area contributed by atoms with Gasteiger partial charge in [-0.05, 0) is 25.1 Å². The molecule has 0 aromatic heterocycles. The minimum atomic E-state index is -0.138. The molecule has 4 heteroatoms. The van der Waals surface area contributed by atoms with Gasteiger partial charge in [-0.1, -0.05) is 0 Å². The molecule has 0 radical (unpaired) electrons. The summed E-state index contributed by atoms with van der Waals surface area (Å²) in [5.41, 5.74) is 0. The quantitative estimate of drug-likeness (QED) is 0.354. The van der Waals surface area contributed by atoms with Crippen molar-refractivity contribution in [2.75, 3.05) is 7.11 Å². The molecule has 0 aliphatic heterocycles. The number of hydrogen-bond acceptors (Lipinski definition) is 4. The first-order valence-electron chi connectivity index (χ1n) is 3.42. The number of isothiocyanates is 1. The Bertz CT molecular complexity index is 204. The van der Waals surface area contributed by atoms with Gasteiger partial charge in [0.1, 0.15) is 0 Å². The normalized spacial score (nSPS) is 28.1. The van der Waals surface area contributed by atoms with E-state index in [1.165, 1.54) is 7.11 Å². The van der Waals surface area contributed by atoms with E-state index in [-0.39, 0.29) is 17.9 Å². The Morgan fingerprint density at radius 2 is 2.36 bits per heavy atom. The average molecular weight is 171 g/mol. The van der Waals surface area contributed by atoms with Crippen molar-refractivity contribution in [2.24, 2.45) is 10.9 Å². The predicted molar refractivity (Wildman–Crippen MR) is 43.6 cm³/mol. The highest BCUT2D eigenvalue weighted by Crippen LogP contribution is 2.30. The number of thiocarbonyl (C=S) groups is 1. The summed E-state index contributed by atoms with van der Waals surface area (Å²) in [5, 5.41) is 2.30. The molecule has 0 heterocycles. The fraction of sp³-hybridized carbons (Fsp3) is 0.714. The van der Waals surface area contributed by atoms with Crippen LogP contribution in [0.15, 0.2) is 4.99 Å². The Morgan fingerprint density at radius 1 is 1.73 bits per heavy atom. The number of rotatable bonds is 2. The molecule has 1 aliphatic rings. The standard InChI is InChI=1S/C7H9NO2S/c1-10-7(9)5-2-6(3-5)8-4-11/h5-6H,2-3H2,1H3. The molecule has 0 unspecified atom stereocenters. The molecule has 0 saturated heterocycles. The molecule has 1 saturated carbocycles. The fourth-order valence-corrected chi connectivity index (χ4v) is 1.28. The SMILES string of the molecule is COC(=O)C1CC(N=C=S)C1. The molecule has 11 heavy (non-hydrogen) atoms. The average Bonchev–Trinajstić information content (AvgIpc) is 1.94. The van der Waals surface area contributed by atoms with Crippen molar-refractivity contribution in [1.29, 1.82) is 0 Å². The van der Waals surface area contributed by atoms with Crippen LogP contribution >= 0.6 is 12.2 Å². The summed E-state index contributed by atoms with van der Waals surface area (Å²) in [6.45, 7) is 0. The number of aliphatic imine (C=N–C) groups is 1. The van der Waals surface area contributed by atoms with E-state index in [9.17, 15) is 4.79 Å². The lowest BCUT2D eigenvalue weighted by atomic mass is 9.81. The summed E-state index contributed by atoms with van der Waals surface area (Å²) in [6.07, 6.45) is 1.52. The van der Waals surface area contributed by atoms with Crippen molar-refractivity contribution in [3.63, 3.8) is 0 Å². The third kappa shape index (κ3) is 1.85. The number of hydrogen-bond donors (Lipinski definition) is 0. The van der Waals surface area contributed by atoms with Crippen molar-refractivity contribution < 1.29 is 9.53 Å². The van der Waals surface area contributed by atoms with Crippen LogP contribution in [0.5, 0.6) is 0 Å². The molecular weight excluding hydrogens is 162 g/mol. The highest BCUT2D eigenvalue weighted by atomic mass is 32.1. The summed E-state index contributed by atoms with van der Waals surface area (Å²) in [7, 11) is 1.40. The van der Waals surface area contributed by atoms with E-state index in [1.54, 1.807) is 0 Å². The molecule has 3 nitrogen and oxygen atoms in total. The first-order chi connectivity index (χ1) is 5.27. The zero-order chi connectivity index (χ0) is 8.27. The number of carbonyl (C=O) groups is 1. The molecule has 0 bridgehead atoms. The van der Waals surface area contributed by atoms with E-state index >= 15 is 0 Å². The van der Waals surface area contributed by atoms with Crippen LogP contribution in [-0.4, -0.2) is 24.3 Å². The van der Waals surface area contributed by atoms with Crippen molar-refractivity contribution in [1.82, 2.24) is 0 Å². The Morgan fingerprint density at radius 3 is 2.82 bits per heavy atom. The summed E-state index contributed by atoms with van der Waals surface area (Å²) in [5.74, 6) is -0.0991. The first-order valence-corrected chi connectivity index (χ1v) is 3.83. The van der Waals surface area contributed by atoms with Crippen LogP contribution < -0.4 is 0 Å². The number of carbonyl (C=O) groups excluding carboxylic acids is 1. The van der Waals surface area contributed by atoms with Crippen LogP contribution in [0.25, 0.3) is 0 Å². The monoisotopic (exact) mass is 171 g/mol. The fourth-order valence-electron chi connectivity index (χ4n) is 1.13. The van der Waals surface area contributed by atoms with E-state index in [0.717, 1.165) is 12.8 Å². The van der Waals surface area contributed by atoms with Gasteiger partial charge in [-0.15, -0.1) is 0 Å². The van der Waals surface area contributed by atoms with Crippen molar-refractivity contribution >= 4 is 23.3 Å². The number of methoxy groups -OCH3 is 1. The van der Waals surface area contributed by atoms with Gasteiger partial charge >= 0.3 is 5.97 Å². The molecule has 0 aromatic carbocycles. The van der Waals surface area contributed by atoms with Gasteiger partial charge < -0.3 is 4.74 Å². The van der Waals surface area contributed by atoms with E-state index < -0.39 is 0 Å². The van der Waals surface area contributed by atoms with Crippen molar-refractivity contribution in [3.8, 4) is 0 Å². The summed E-state index contributed by atoms with van der Waals surface area (Å²) in [6, 6.07) is 0.205. The topological polar surface area (TPSA) is 38.7 Å².